The first-order chi connectivity index (χ1) is 14.5. The van der Waals surface area contributed by atoms with Gasteiger partial charge in [0.05, 0.1) is 0 Å². The van der Waals surface area contributed by atoms with Crippen LogP contribution in [0.2, 0.25) is 0 Å². The largest absolute Gasteiger partial charge is 0.508 e. The summed E-state index contributed by atoms with van der Waals surface area (Å²) in [5.41, 5.74) is 1.83. The molecule has 0 aromatic heterocycles. The van der Waals surface area contributed by atoms with Crippen LogP contribution >= 0.6 is 24.8 Å². The number of phenolic OH excluding ortho intramolecular Hbond substituents is 2. The predicted octanol–water partition coefficient (Wildman–Crippen LogP) is 6.43. The van der Waals surface area contributed by atoms with E-state index in [1.165, 1.54) is 51.4 Å². The van der Waals surface area contributed by atoms with Crippen LogP contribution in [0.15, 0.2) is 24.3 Å². The summed E-state index contributed by atoms with van der Waals surface area (Å²) < 4.78 is 0. The summed E-state index contributed by atoms with van der Waals surface area (Å²) in [6.07, 6.45) is 9.97. The maximum absolute atomic E-state index is 10.9. The molecule has 0 saturated heterocycles. The van der Waals surface area contributed by atoms with Crippen molar-refractivity contribution in [2.45, 2.75) is 90.4 Å². The number of hydrogen-bond donors (Lipinski definition) is 4. The molecule has 0 bridgehead atoms. The van der Waals surface area contributed by atoms with Crippen LogP contribution in [0.3, 0.4) is 0 Å². The number of rotatable bonds is 6. The SMILES string of the molecule is C[C@H]1CC[C@H](NCc2ccc3c(CN[C@H]4CC[C@H](C)CC4)c(O)ccc3c2O)CC1.Cl.Cl. The van der Waals surface area contributed by atoms with Gasteiger partial charge >= 0.3 is 0 Å². The molecule has 4 nitrogen and oxygen atoms in total. The van der Waals surface area contributed by atoms with Gasteiger partial charge in [-0.1, -0.05) is 26.0 Å². The lowest BCUT2D eigenvalue weighted by Gasteiger charge is -2.27. The highest BCUT2D eigenvalue weighted by Gasteiger charge is 2.20. The Balaban J connectivity index is 0.00000181. The third-order valence-electron chi connectivity index (χ3n) is 7.52. The third-order valence-corrected chi connectivity index (χ3v) is 7.52. The smallest absolute Gasteiger partial charge is 0.127 e. The Labute approximate surface area is 205 Å². The fourth-order valence-electron chi connectivity index (χ4n) is 5.24. The van der Waals surface area contributed by atoms with Gasteiger partial charge < -0.3 is 20.8 Å². The van der Waals surface area contributed by atoms with E-state index >= 15 is 0 Å². The highest BCUT2D eigenvalue weighted by molar-refractivity contribution is 5.93. The zero-order valence-electron chi connectivity index (χ0n) is 19.4. The molecule has 4 rings (SSSR count). The van der Waals surface area contributed by atoms with E-state index in [0.717, 1.165) is 33.7 Å². The normalized spacial score (nSPS) is 25.7. The minimum atomic E-state index is 0. The number of halogens is 2. The molecule has 4 N–H and O–H groups in total. The van der Waals surface area contributed by atoms with Crippen LogP contribution in [0.25, 0.3) is 10.8 Å². The number of benzene rings is 2. The van der Waals surface area contributed by atoms with Crippen LogP contribution in [-0.4, -0.2) is 22.3 Å². The Morgan fingerprint density at radius 2 is 1.19 bits per heavy atom. The molecule has 2 aliphatic rings. The monoisotopic (exact) mass is 482 g/mol. The maximum Gasteiger partial charge on any atom is 0.127 e. The van der Waals surface area contributed by atoms with Gasteiger partial charge in [-0.05, 0) is 80.7 Å². The van der Waals surface area contributed by atoms with E-state index in [-0.39, 0.29) is 24.8 Å². The van der Waals surface area contributed by atoms with E-state index in [1.54, 1.807) is 6.07 Å². The second-order valence-electron chi connectivity index (χ2n) is 9.91. The number of phenols is 2. The highest BCUT2D eigenvalue weighted by Crippen LogP contribution is 2.35. The second kappa shape index (κ2) is 12.3. The van der Waals surface area contributed by atoms with E-state index in [1.807, 2.05) is 12.1 Å². The standard InChI is InChI=1S/C26H38N2O2.2ClH/c1-17-3-8-20(9-4-17)27-15-19-7-12-22-23(26(19)30)13-14-25(29)24(22)16-28-21-10-5-18(2)6-11-21;;/h7,12-14,17-18,20-21,27-30H,3-6,8-11,15-16H2,1-2H3;2*1H/t17-,18-,20-,21-;;. The molecule has 2 fully saturated rings. The van der Waals surface area contributed by atoms with Crippen molar-refractivity contribution in [1.82, 2.24) is 10.6 Å². The van der Waals surface area contributed by atoms with Crippen LogP contribution in [0.5, 0.6) is 11.5 Å². The van der Waals surface area contributed by atoms with E-state index in [4.69, 9.17) is 0 Å². The number of nitrogens with one attached hydrogen (secondary N) is 2. The van der Waals surface area contributed by atoms with Crippen molar-refractivity contribution in [2.24, 2.45) is 11.8 Å². The summed E-state index contributed by atoms with van der Waals surface area (Å²) in [5.74, 6) is 2.32. The zero-order valence-corrected chi connectivity index (χ0v) is 21.0. The lowest BCUT2D eigenvalue weighted by Crippen LogP contribution is -2.32. The molecule has 2 aromatic rings. The molecular formula is C26H40Cl2N2O2. The van der Waals surface area contributed by atoms with E-state index < -0.39 is 0 Å². The molecule has 0 atom stereocenters. The molecule has 0 heterocycles. The fourth-order valence-corrected chi connectivity index (χ4v) is 5.24. The number of aromatic hydroxyl groups is 2. The third kappa shape index (κ3) is 6.44. The molecule has 180 valence electrons. The maximum atomic E-state index is 10.9. The second-order valence-corrected chi connectivity index (χ2v) is 9.91. The van der Waals surface area contributed by atoms with Crippen molar-refractivity contribution in [3.8, 4) is 11.5 Å². The van der Waals surface area contributed by atoms with Gasteiger partial charge in [-0.3, -0.25) is 0 Å². The average molecular weight is 484 g/mol. The Morgan fingerprint density at radius 1 is 0.688 bits per heavy atom. The van der Waals surface area contributed by atoms with Crippen molar-refractivity contribution in [2.75, 3.05) is 0 Å². The first kappa shape index (κ1) is 27.0. The summed E-state index contributed by atoms with van der Waals surface area (Å²) in [4.78, 5) is 0. The zero-order chi connectivity index (χ0) is 21.1. The van der Waals surface area contributed by atoms with E-state index in [0.29, 0.717) is 36.7 Å². The fraction of sp³-hybridized carbons (Fsp3) is 0.615. The first-order valence-electron chi connectivity index (χ1n) is 11.9. The van der Waals surface area contributed by atoms with Crippen LogP contribution in [0, 0.1) is 11.8 Å². The molecule has 0 unspecified atom stereocenters. The molecule has 0 aliphatic heterocycles. The summed E-state index contributed by atoms with van der Waals surface area (Å²) in [6.45, 7) is 5.99. The lowest BCUT2D eigenvalue weighted by molar-refractivity contribution is 0.305. The van der Waals surface area contributed by atoms with Gasteiger partial charge in [0.25, 0.3) is 0 Å². The van der Waals surface area contributed by atoms with Gasteiger partial charge in [0, 0.05) is 41.7 Å². The average Bonchev–Trinajstić information content (AvgIpc) is 2.75. The van der Waals surface area contributed by atoms with Gasteiger partial charge in [0.2, 0.25) is 0 Å². The Bertz CT molecular complexity index is 861. The molecule has 2 aromatic carbocycles. The molecule has 0 spiro atoms. The lowest BCUT2D eigenvalue weighted by atomic mass is 9.87. The summed E-state index contributed by atoms with van der Waals surface area (Å²) in [6, 6.07) is 8.72. The number of hydrogen-bond acceptors (Lipinski definition) is 4. The van der Waals surface area contributed by atoms with Crippen molar-refractivity contribution in [1.29, 1.82) is 0 Å². The first-order valence-corrected chi connectivity index (χ1v) is 11.9. The van der Waals surface area contributed by atoms with Crippen LogP contribution < -0.4 is 10.6 Å². The summed E-state index contributed by atoms with van der Waals surface area (Å²) in [7, 11) is 0. The van der Waals surface area contributed by atoms with E-state index in [9.17, 15) is 10.2 Å². The van der Waals surface area contributed by atoms with Gasteiger partial charge in [0.1, 0.15) is 11.5 Å². The van der Waals surface area contributed by atoms with Crippen molar-refractivity contribution in [3.63, 3.8) is 0 Å². The highest BCUT2D eigenvalue weighted by atomic mass is 35.5. The van der Waals surface area contributed by atoms with Crippen LogP contribution in [0.4, 0.5) is 0 Å². The van der Waals surface area contributed by atoms with Crippen molar-refractivity contribution >= 4 is 35.6 Å². The van der Waals surface area contributed by atoms with Gasteiger partial charge in [-0.2, -0.15) is 0 Å². The molecule has 6 heteroatoms. The minimum absolute atomic E-state index is 0. The van der Waals surface area contributed by atoms with Crippen LogP contribution in [0.1, 0.15) is 76.3 Å². The Hall–Kier alpha value is -1.20. The van der Waals surface area contributed by atoms with Crippen molar-refractivity contribution in [3.05, 3.63) is 35.4 Å². The Morgan fingerprint density at radius 3 is 1.75 bits per heavy atom. The summed E-state index contributed by atoms with van der Waals surface area (Å²) >= 11 is 0. The van der Waals surface area contributed by atoms with Gasteiger partial charge in [0.15, 0.2) is 0 Å². The van der Waals surface area contributed by atoms with Gasteiger partial charge in [-0.15, -0.1) is 24.8 Å². The minimum Gasteiger partial charge on any atom is -0.508 e. The van der Waals surface area contributed by atoms with Gasteiger partial charge in [-0.25, -0.2) is 0 Å². The molecule has 32 heavy (non-hydrogen) atoms. The molecular weight excluding hydrogens is 443 g/mol. The molecule has 2 saturated carbocycles. The molecule has 0 amide bonds. The van der Waals surface area contributed by atoms with E-state index in [2.05, 4.69) is 30.5 Å². The Kier molecular flexibility index (Phi) is 10.4. The van der Waals surface area contributed by atoms with Crippen molar-refractivity contribution < 1.29 is 10.2 Å². The predicted molar refractivity (Wildman–Crippen MR) is 138 cm³/mol. The number of fused-ring (bicyclic) bond motifs is 1. The quantitative estimate of drug-likeness (QED) is 0.382. The molecule has 2 aliphatic carbocycles. The topological polar surface area (TPSA) is 64.5 Å². The molecule has 0 radical (unpaired) electrons. The van der Waals surface area contributed by atoms with Crippen LogP contribution in [-0.2, 0) is 13.1 Å². The summed E-state index contributed by atoms with van der Waals surface area (Å²) in [5, 5.41) is 30.5.